The topological polar surface area (TPSA) is 55.1 Å². The molecule has 0 aliphatic carbocycles. The van der Waals surface area contributed by atoms with E-state index in [9.17, 15) is 0 Å². The smallest absolute Gasteiger partial charge is 0.137 e. The Bertz CT molecular complexity index is 608. The minimum Gasteiger partial charge on any atom is -0.490 e. The highest BCUT2D eigenvalue weighted by Crippen LogP contribution is 2.29. The molecule has 92 valence electrons. The van der Waals surface area contributed by atoms with E-state index in [1.165, 1.54) is 0 Å². The monoisotopic (exact) mass is 262 g/mol. The number of fused-ring (bicyclic) bond motifs is 1. The van der Waals surface area contributed by atoms with E-state index in [0.717, 1.165) is 5.39 Å². The Balaban J connectivity index is 2.44. The van der Waals surface area contributed by atoms with Gasteiger partial charge in [0.1, 0.15) is 18.4 Å². The molecule has 2 rings (SSSR count). The van der Waals surface area contributed by atoms with Crippen molar-refractivity contribution in [1.82, 2.24) is 4.98 Å². The number of nitrogens with zero attached hydrogens (tertiary/aromatic N) is 2. The maximum Gasteiger partial charge on any atom is 0.137 e. The summed E-state index contributed by atoms with van der Waals surface area (Å²) in [6.45, 7) is 0.845. The van der Waals surface area contributed by atoms with Crippen LogP contribution < -0.4 is 4.74 Å². The molecule has 0 spiro atoms. The van der Waals surface area contributed by atoms with Crippen LogP contribution in [0, 0.1) is 11.3 Å². The zero-order chi connectivity index (χ0) is 13.0. The first kappa shape index (κ1) is 12.6. The molecule has 0 aliphatic rings. The quantitative estimate of drug-likeness (QED) is 0.795. The average Bonchev–Trinajstić information content (AvgIpc) is 2.39. The Morgan fingerprint density at radius 1 is 1.39 bits per heavy atom. The van der Waals surface area contributed by atoms with Crippen LogP contribution in [0.15, 0.2) is 24.4 Å². The van der Waals surface area contributed by atoms with E-state index in [1.54, 1.807) is 31.5 Å². The summed E-state index contributed by atoms with van der Waals surface area (Å²) in [5, 5.41) is 10.4. The van der Waals surface area contributed by atoms with Crippen LogP contribution in [0.1, 0.15) is 5.56 Å². The van der Waals surface area contributed by atoms with E-state index in [0.29, 0.717) is 35.1 Å². The van der Waals surface area contributed by atoms with Crippen LogP contribution in [0.25, 0.3) is 10.9 Å². The molecule has 5 heteroatoms. The molecule has 1 aromatic heterocycles. The Hall–Kier alpha value is -1.83. The summed E-state index contributed by atoms with van der Waals surface area (Å²) in [6.07, 6.45) is 1.61. The van der Waals surface area contributed by atoms with Gasteiger partial charge in [-0.25, -0.2) is 0 Å². The van der Waals surface area contributed by atoms with E-state index in [1.807, 2.05) is 0 Å². The Morgan fingerprint density at radius 2 is 2.22 bits per heavy atom. The molecule has 18 heavy (non-hydrogen) atoms. The number of benzene rings is 1. The number of aromatic nitrogens is 1. The highest BCUT2D eigenvalue weighted by atomic mass is 35.5. The number of pyridine rings is 1. The van der Waals surface area contributed by atoms with E-state index < -0.39 is 0 Å². The van der Waals surface area contributed by atoms with Crippen LogP contribution in [0.5, 0.6) is 5.75 Å². The summed E-state index contributed by atoms with van der Waals surface area (Å²) in [5.41, 5.74) is 1.12. The molecule has 0 saturated carbocycles. The van der Waals surface area contributed by atoms with Gasteiger partial charge in [-0.3, -0.25) is 4.98 Å². The van der Waals surface area contributed by atoms with Crippen LogP contribution in [0.2, 0.25) is 5.02 Å². The van der Waals surface area contributed by atoms with Crippen molar-refractivity contribution in [2.24, 2.45) is 0 Å². The fourth-order valence-electron chi connectivity index (χ4n) is 1.58. The van der Waals surface area contributed by atoms with Crippen molar-refractivity contribution in [3.05, 3.63) is 35.0 Å². The number of halogens is 1. The van der Waals surface area contributed by atoms with E-state index in [-0.39, 0.29) is 0 Å². The van der Waals surface area contributed by atoms with Crippen LogP contribution >= 0.6 is 11.6 Å². The summed E-state index contributed by atoms with van der Waals surface area (Å²) < 4.78 is 10.4. The van der Waals surface area contributed by atoms with Crippen LogP contribution in [-0.2, 0) is 4.74 Å². The Labute approximate surface area is 110 Å². The summed E-state index contributed by atoms with van der Waals surface area (Å²) in [6, 6.07) is 7.19. The molecule has 0 radical (unpaired) electrons. The number of methoxy groups -OCH3 is 1. The zero-order valence-electron chi connectivity index (χ0n) is 9.81. The Kier molecular flexibility index (Phi) is 3.98. The molecule has 0 bridgehead atoms. The molecule has 2 aromatic rings. The van der Waals surface area contributed by atoms with Gasteiger partial charge in [0.25, 0.3) is 0 Å². The van der Waals surface area contributed by atoms with Crippen LogP contribution in [0.3, 0.4) is 0 Å². The Morgan fingerprint density at radius 3 is 2.94 bits per heavy atom. The summed E-state index contributed by atoms with van der Waals surface area (Å²) in [4.78, 5) is 4.17. The van der Waals surface area contributed by atoms with Gasteiger partial charge in [0.05, 0.1) is 22.7 Å². The van der Waals surface area contributed by atoms with Gasteiger partial charge in [0, 0.05) is 18.7 Å². The van der Waals surface area contributed by atoms with Crippen molar-refractivity contribution in [2.75, 3.05) is 20.3 Å². The van der Waals surface area contributed by atoms with E-state index in [2.05, 4.69) is 11.1 Å². The SMILES string of the molecule is COCCOc1cc2c(Cl)ccnc2cc1C#N. The third-order valence-corrected chi connectivity index (χ3v) is 2.78. The predicted molar refractivity (Wildman–Crippen MR) is 68.8 cm³/mol. The fraction of sp³-hybridized carbons (Fsp3) is 0.231. The van der Waals surface area contributed by atoms with Crippen LogP contribution in [-0.4, -0.2) is 25.3 Å². The second kappa shape index (κ2) is 5.67. The summed E-state index contributed by atoms with van der Waals surface area (Å²) in [5.74, 6) is 0.497. The van der Waals surface area contributed by atoms with Crippen molar-refractivity contribution in [3.8, 4) is 11.8 Å². The number of hydrogen-bond acceptors (Lipinski definition) is 4. The maximum absolute atomic E-state index is 9.08. The van der Waals surface area contributed by atoms with Gasteiger partial charge in [0.2, 0.25) is 0 Å². The number of rotatable bonds is 4. The van der Waals surface area contributed by atoms with Gasteiger partial charge in [-0.2, -0.15) is 5.26 Å². The molecule has 0 saturated heterocycles. The first-order valence-corrected chi connectivity index (χ1v) is 5.74. The highest BCUT2D eigenvalue weighted by Gasteiger charge is 2.08. The molecular formula is C13H11ClN2O2. The van der Waals surface area contributed by atoms with Crippen molar-refractivity contribution >= 4 is 22.5 Å². The molecule has 1 heterocycles. The number of nitriles is 1. The van der Waals surface area contributed by atoms with Crippen molar-refractivity contribution in [2.45, 2.75) is 0 Å². The highest BCUT2D eigenvalue weighted by molar-refractivity contribution is 6.35. The van der Waals surface area contributed by atoms with Gasteiger partial charge in [-0.05, 0) is 18.2 Å². The van der Waals surface area contributed by atoms with Crippen molar-refractivity contribution in [3.63, 3.8) is 0 Å². The predicted octanol–water partition coefficient (Wildman–Crippen LogP) is 2.79. The van der Waals surface area contributed by atoms with Crippen molar-refractivity contribution < 1.29 is 9.47 Å². The lowest BCUT2D eigenvalue weighted by Gasteiger charge is -2.09. The van der Waals surface area contributed by atoms with Gasteiger partial charge in [-0.1, -0.05) is 11.6 Å². The molecule has 4 nitrogen and oxygen atoms in total. The molecule has 1 aromatic carbocycles. The minimum atomic E-state index is 0.383. The molecular weight excluding hydrogens is 252 g/mol. The molecule has 0 N–H and O–H groups in total. The lowest BCUT2D eigenvalue weighted by molar-refractivity contribution is 0.146. The van der Waals surface area contributed by atoms with Gasteiger partial charge in [-0.15, -0.1) is 0 Å². The molecule has 0 aliphatic heterocycles. The largest absolute Gasteiger partial charge is 0.490 e. The average molecular weight is 263 g/mol. The first-order valence-electron chi connectivity index (χ1n) is 5.36. The third-order valence-electron chi connectivity index (χ3n) is 2.46. The van der Waals surface area contributed by atoms with Gasteiger partial charge >= 0.3 is 0 Å². The molecule has 0 fully saturated rings. The fourth-order valence-corrected chi connectivity index (χ4v) is 1.79. The third kappa shape index (κ3) is 2.53. The lowest BCUT2D eigenvalue weighted by Crippen LogP contribution is -2.05. The maximum atomic E-state index is 9.08. The minimum absolute atomic E-state index is 0.383. The first-order chi connectivity index (χ1) is 8.76. The van der Waals surface area contributed by atoms with Crippen molar-refractivity contribution in [1.29, 1.82) is 5.26 Å². The van der Waals surface area contributed by atoms with Gasteiger partial charge < -0.3 is 9.47 Å². The standard InChI is InChI=1S/C13H11ClN2O2/c1-17-4-5-18-13-7-10-11(14)2-3-16-12(10)6-9(13)8-15/h2-3,6-7H,4-5H2,1H3. The normalized spacial score (nSPS) is 10.3. The van der Waals surface area contributed by atoms with E-state index >= 15 is 0 Å². The zero-order valence-corrected chi connectivity index (χ0v) is 10.6. The second-order valence-electron chi connectivity index (χ2n) is 3.61. The summed E-state index contributed by atoms with van der Waals surface area (Å²) in [7, 11) is 1.59. The second-order valence-corrected chi connectivity index (χ2v) is 4.02. The number of hydrogen-bond donors (Lipinski definition) is 0. The molecule has 0 amide bonds. The van der Waals surface area contributed by atoms with E-state index in [4.69, 9.17) is 26.3 Å². The lowest BCUT2D eigenvalue weighted by atomic mass is 10.1. The molecule has 0 unspecified atom stereocenters. The summed E-state index contributed by atoms with van der Waals surface area (Å²) >= 11 is 6.08. The number of ether oxygens (including phenoxy) is 2. The molecule has 0 atom stereocenters. The van der Waals surface area contributed by atoms with Crippen LogP contribution in [0.4, 0.5) is 0 Å². The van der Waals surface area contributed by atoms with Gasteiger partial charge in [0.15, 0.2) is 0 Å².